The van der Waals surface area contributed by atoms with Crippen molar-refractivity contribution in [1.29, 1.82) is 0 Å². The SMILES string of the molecule is CC(=O)c1ccc(OCc2ccccc2C)c([N+](=O)[O-])c1. The van der Waals surface area contributed by atoms with E-state index in [4.69, 9.17) is 4.74 Å². The Morgan fingerprint density at radius 1 is 1.24 bits per heavy atom. The van der Waals surface area contributed by atoms with Crippen molar-refractivity contribution < 1.29 is 14.5 Å². The van der Waals surface area contributed by atoms with E-state index in [9.17, 15) is 14.9 Å². The number of benzene rings is 2. The maximum Gasteiger partial charge on any atom is 0.311 e. The quantitative estimate of drug-likeness (QED) is 0.477. The summed E-state index contributed by atoms with van der Waals surface area (Å²) >= 11 is 0. The first-order chi connectivity index (χ1) is 9.99. The zero-order valence-electron chi connectivity index (χ0n) is 11.8. The molecule has 2 aromatic carbocycles. The third kappa shape index (κ3) is 3.45. The fourth-order valence-corrected chi connectivity index (χ4v) is 1.93. The Kier molecular flexibility index (Phi) is 4.33. The molecule has 108 valence electrons. The molecule has 5 nitrogen and oxygen atoms in total. The molecule has 0 bridgehead atoms. The van der Waals surface area contributed by atoms with Crippen LogP contribution >= 0.6 is 0 Å². The molecule has 0 spiro atoms. The molecule has 5 heteroatoms. The van der Waals surface area contributed by atoms with Gasteiger partial charge in [-0.25, -0.2) is 0 Å². The van der Waals surface area contributed by atoms with E-state index in [1.165, 1.54) is 25.1 Å². The van der Waals surface area contributed by atoms with E-state index in [-0.39, 0.29) is 23.8 Å². The molecular weight excluding hydrogens is 270 g/mol. The first kappa shape index (κ1) is 14.7. The molecule has 0 N–H and O–H groups in total. The van der Waals surface area contributed by atoms with Crippen molar-refractivity contribution in [2.45, 2.75) is 20.5 Å². The molecule has 0 aliphatic rings. The number of nitro groups is 1. The molecule has 0 aliphatic carbocycles. The zero-order chi connectivity index (χ0) is 15.4. The van der Waals surface area contributed by atoms with Crippen LogP contribution in [0.4, 0.5) is 5.69 Å². The van der Waals surface area contributed by atoms with Crippen LogP contribution in [0.1, 0.15) is 28.4 Å². The topological polar surface area (TPSA) is 69.4 Å². The van der Waals surface area contributed by atoms with Gasteiger partial charge in [0.2, 0.25) is 0 Å². The summed E-state index contributed by atoms with van der Waals surface area (Å²) in [6.45, 7) is 3.56. The van der Waals surface area contributed by atoms with Crippen LogP contribution in [-0.4, -0.2) is 10.7 Å². The van der Waals surface area contributed by atoms with Crippen LogP contribution in [0.2, 0.25) is 0 Å². The van der Waals surface area contributed by atoms with Gasteiger partial charge in [0.15, 0.2) is 11.5 Å². The van der Waals surface area contributed by atoms with E-state index >= 15 is 0 Å². The summed E-state index contributed by atoms with van der Waals surface area (Å²) in [4.78, 5) is 21.8. The summed E-state index contributed by atoms with van der Waals surface area (Å²) in [6, 6.07) is 11.9. The number of rotatable bonds is 5. The predicted octanol–water partition coefficient (Wildman–Crippen LogP) is 3.68. The fourth-order valence-electron chi connectivity index (χ4n) is 1.93. The van der Waals surface area contributed by atoms with Crippen molar-refractivity contribution in [3.8, 4) is 5.75 Å². The molecule has 0 heterocycles. The standard InChI is InChI=1S/C16H15NO4/c1-11-5-3-4-6-14(11)10-21-16-8-7-13(12(2)18)9-15(16)17(19)20/h3-9H,10H2,1-2H3. The Morgan fingerprint density at radius 3 is 2.57 bits per heavy atom. The van der Waals surface area contributed by atoms with Gasteiger partial charge in [0, 0.05) is 11.6 Å². The highest BCUT2D eigenvalue weighted by atomic mass is 16.6. The Labute approximate surface area is 122 Å². The summed E-state index contributed by atoms with van der Waals surface area (Å²) < 4.78 is 5.55. The highest BCUT2D eigenvalue weighted by molar-refractivity contribution is 5.95. The lowest BCUT2D eigenvalue weighted by atomic mass is 10.1. The minimum absolute atomic E-state index is 0.160. The zero-order valence-corrected chi connectivity index (χ0v) is 11.8. The summed E-state index contributed by atoms with van der Waals surface area (Å²) in [5.41, 5.74) is 2.11. The number of Topliss-reactive ketones (excluding diaryl/α,β-unsaturated/α-hetero) is 1. The largest absolute Gasteiger partial charge is 0.482 e. The number of hydrogen-bond donors (Lipinski definition) is 0. The van der Waals surface area contributed by atoms with Crippen molar-refractivity contribution >= 4 is 11.5 Å². The van der Waals surface area contributed by atoms with Gasteiger partial charge in [-0.2, -0.15) is 0 Å². The highest BCUT2D eigenvalue weighted by Gasteiger charge is 2.17. The molecule has 0 fully saturated rings. The molecule has 0 aromatic heterocycles. The van der Waals surface area contributed by atoms with Crippen molar-refractivity contribution in [1.82, 2.24) is 0 Å². The summed E-state index contributed by atoms with van der Waals surface area (Å²) in [5.74, 6) is -0.0585. The minimum Gasteiger partial charge on any atom is -0.482 e. The fraction of sp³-hybridized carbons (Fsp3) is 0.188. The Balaban J connectivity index is 2.26. The number of nitro benzene ring substituents is 1. The van der Waals surface area contributed by atoms with Crippen molar-refractivity contribution in [3.63, 3.8) is 0 Å². The van der Waals surface area contributed by atoms with E-state index in [1.807, 2.05) is 31.2 Å². The maximum absolute atomic E-state index is 11.3. The van der Waals surface area contributed by atoms with Gasteiger partial charge in [0.25, 0.3) is 0 Å². The van der Waals surface area contributed by atoms with Gasteiger partial charge < -0.3 is 4.74 Å². The van der Waals surface area contributed by atoms with Gasteiger partial charge in [-0.05, 0) is 37.1 Å². The third-order valence-electron chi connectivity index (χ3n) is 3.21. The average Bonchev–Trinajstić information content (AvgIpc) is 2.46. The first-order valence-electron chi connectivity index (χ1n) is 6.45. The van der Waals surface area contributed by atoms with E-state index < -0.39 is 4.92 Å². The second-order valence-electron chi connectivity index (χ2n) is 4.71. The molecule has 0 amide bonds. The minimum atomic E-state index is -0.542. The smallest absolute Gasteiger partial charge is 0.311 e. The van der Waals surface area contributed by atoms with Gasteiger partial charge in [-0.1, -0.05) is 24.3 Å². The molecule has 2 aromatic rings. The van der Waals surface area contributed by atoms with Crippen LogP contribution in [0.25, 0.3) is 0 Å². The van der Waals surface area contributed by atoms with Crippen LogP contribution in [0.15, 0.2) is 42.5 Å². The molecule has 0 aliphatic heterocycles. The number of aryl methyl sites for hydroxylation is 1. The van der Waals surface area contributed by atoms with E-state index in [0.717, 1.165) is 11.1 Å². The van der Waals surface area contributed by atoms with Crippen LogP contribution in [0.5, 0.6) is 5.75 Å². The van der Waals surface area contributed by atoms with Gasteiger partial charge >= 0.3 is 5.69 Å². The molecule has 0 saturated carbocycles. The summed E-state index contributed by atoms with van der Waals surface area (Å²) in [6.07, 6.45) is 0. The van der Waals surface area contributed by atoms with E-state index in [1.54, 1.807) is 0 Å². The van der Waals surface area contributed by atoms with Gasteiger partial charge in [-0.3, -0.25) is 14.9 Å². The highest BCUT2D eigenvalue weighted by Crippen LogP contribution is 2.29. The number of carbonyl (C=O) groups excluding carboxylic acids is 1. The lowest BCUT2D eigenvalue weighted by molar-refractivity contribution is -0.386. The van der Waals surface area contributed by atoms with Crippen LogP contribution in [-0.2, 0) is 6.61 Å². The van der Waals surface area contributed by atoms with Crippen molar-refractivity contribution in [3.05, 3.63) is 69.3 Å². The second kappa shape index (κ2) is 6.17. The van der Waals surface area contributed by atoms with Crippen LogP contribution < -0.4 is 4.74 Å². The monoisotopic (exact) mass is 285 g/mol. The number of nitrogens with zero attached hydrogens (tertiary/aromatic N) is 1. The third-order valence-corrected chi connectivity index (χ3v) is 3.21. The second-order valence-corrected chi connectivity index (χ2v) is 4.71. The Hall–Kier alpha value is -2.69. The normalized spacial score (nSPS) is 10.2. The lowest BCUT2D eigenvalue weighted by Gasteiger charge is -2.09. The molecule has 2 rings (SSSR count). The van der Waals surface area contributed by atoms with Gasteiger partial charge in [-0.15, -0.1) is 0 Å². The summed E-state index contributed by atoms with van der Waals surface area (Å²) in [5, 5.41) is 11.1. The van der Waals surface area contributed by atoms with Crippen LogP contribution in [0.3, 0.4) is 0 Å². The van der Waals surface area contributed by atoms with Crippen LogP contribution in [0, 0.1) is 17.0 Å². The van der Waals surface area contributed by atoms with E-state index in [0.29, 0.717) is 5.56 Å². The molecule has 0 radical (unpaired) electrons. The summed E-state index contributed by atoms with van der Waals surface area (Å²) in [7, 11) is 0. The molecule has 0 atom stereocenters. The molecular formula is C16H15NO4. The van der Waals surface area contributed by atoms with Crippen molar-refractivity contribution in [2.24, 2.45) is 0 Å². The van der Waals surface area contributed by atoms with Gasteiger partial charge in [0.1, 0.15) is 6.61 Å². The predicted molar refractivity (Wildman–Crippen MR) is 78.6 cm³/mol. The van der Waals surface area contributed by atoms with E-state index in [2.05, 4.69) is 0 Å². The molecule has 0 saturated heterocycles. The number of ketones is 1. The van der Waals surface area contributed by atoms with Crippen molar-refractivity contribution in [2.75, 3.05) is 0 Å². The maximum atomic E-state index is 11.3. The molecule has 21 heavy (non-hydrogen) atoms. The number of ether oxygens (including phenoxy) is 1. The average molecular weight is 285 g/mol. The Bertz CT molecular complexity index is 694. The number of hydrogen-bond acceptors (Lipinski definition) is 4. The number of carbonyl (C=O) groups is 1. The first-order valence-corrected chi connectivity index (χ1v) is 6.45. The Morgan fingerprint density at radius 2 is 1.95 bits per heavy atom. The van der Waals surface area contributed by atoms with Gasteiger partial charge in [0.05, 0.1) is 4.92 Å². The molecule has 0 unspecified atom stereocenters. The lowest BCUT2D eigenvalue weighted by Crippen LogP contribution is -2.02.